The molecule has 1 atom stereocenters. The molecule has 0 radical (unpaired) electrons. The molecule has 68 valence electrons. The number of amides is 1. The van der Waals surface area contributed by atoms with Crippen LogP contribution in [-0.2, 0) is 15.6 Å². The number of fused-ring (bicyclic) bond motifs is 1. The predicted octanol–water partition coefficient (Wildman–Crippen LogP) is 0.450. The van der Waals surface area contributed by atoms with Crippen LogP contribution in [0.15, 0.2) is 17.3 Å². The average Bonchev–Trinajstić information content (AvgIpc) is 2.07. The van der Waals surface area contributed by atoms with E-state index < -0.39 is 10.8 Å². The van der Waals surface area contributed by atoms with Gasteiger partial charge in [0.1, 0.15) is 5.75 Å². The Kier molecular flexibility index (Phi) is 1.88. The van der Waals surface area contributed by atoms with Gasteiger partial charge in [0.2, 0.25) is 5.91 Å². The minimum Gasteiger partial charge on any atom is -0.323 e. The molecular formula is C8H8N2O2S. The van der Waals surface area contributed by atoms with Crippen LogP contribution in [0.3, 0.4) is 0 Å². The first-order valence-corrected chi connectivity index (χ1v) is 5.14. The zero-order valence-electron chi connectivity index (χ0n) is 7.03. The van der Waals surface area contributed by atoms with Crippen LogP contribution in [0.1, 0.15) is 5.56 Å². The van der Waals surface area contributed by atoms with E-state index in [4.69, 9.17) is 0 Å². The highest BCUT2D eigenvalue weighted by Gasteiger charge is 2.23. The summed E-state index contributed by atoms with van der Waals surface area (Å²) in [5.41, 5.74) is 1.50. The predicted molar refractivity (Wildman–Crippen MR) is 48.9 cm³/mol. The molecule has 4 nitrogen and oxygen atoms in total. The first kappa shape index (κ1) is 8.37. The highest BCUT2D eigenvalue weighted by molar-refractivity contribution is 7.86. The van der Waals surface area contributed by atoms with Gasteiger partial charge >= 0.3 is 0 Å². The van der Waals surface area contributed by atoms with Crippen LogP contribution in [0.4, 0.5) is 5.69 Å². The molecule has 0 bridgehead atoms. The maximum atomic E-state index is 11.4. The SMILES string of the molecule is Cc1ccnc2c1NC(=O)CS2=O. The molecule has 1 unspecified atom stereocenters. The summed E-state index contributed by atoms with van der Waals surface area (Å²) < 4.78 is 11.4. The summed E-state index contributed by atoms with van der Waals surface area (Å²) in [5.74, 6) is -0.189. The zero-order valence-corrected chi connectivity index (χ0v) is 7.85. The lowest BCUT2D eigenvalue weighted by atomic mass is 10.2. The van der Waals surface area contributed by atoms with E-state index in [-0.39, 0.29) is 11.7 Å². The maximum Gasteiger partial charge on any atom is 0.237 e. The van der Waals surface area contributed by atoms with Gasteiger partial charge in [-0.2, -0.15) is 0 Å². The van der Waals surface area contributed by atoms with E-state index in [1.807, 2.05) is 6.92 Å². The quantitative estimate of drug-likeness (QED) is 0.655. The fourth-order valence-corrected chi connectivity index (χ4v) is 2.29. The van der Waals surface area contributed by atoms with E-state index in [0.29, 0.717) is 10.7 Å². The lowest BCUT2D eigenvalue weighted by molar-refractivity contribution is -0.114. The van der Waals surface area contributed by atoms with Crippen LogP contribution in [0, 0.1) is 6.92 Å². The molecule has 0 aromatic carbocycles. The van der Waals surface area contributed by atoms with Gasteiger partial charge in [-0.3, -0.25) is 9.00 Å². The average molecular weight is 196 g/mol. The summed E-state index contributed by atoms with van der Waals surface area (Å²) in [6, 6.07) is 1.78. The van der Waals surface area contributed by atoms with Crippen molar-refractivity contribution in [2.75, 3.05) is 11.1 Å². The molecule has 1 N–H and O–H groups in total. The lowest BCUT2D eigenvalue weighted by Crippen LogP contribution is -2.27. The Morgan fingerprint density at radius 1 is 1.62 bits per heavy atom. The standard InChI is InChI=1S/C8H8N2O2S/c1-5-2-3-9-8-7(5)10-6(11)4-13(8)12/h2-3H,4H2,1H3,(H,10,11). The molecule has 0 saturated carbocycles. The van der Waals surface area contributed by atoms with Crippen LogP contribution < -0.4 is 5.32 Å². The fraction of sp³-hybridized carbons (Fsp3) is 0.250. The molecule has 1 aromatic rings. The van der Waals surface area contributed by atoms with E-state index in [1.165, 1.54) is 0 Å². The van der Waals surface area contributed by atoms with Crippen molar-refractivity contribution in [1.29, 1.82) is 0 Å². The number of anilines is 1. The number of nitrogens with one attached hydrogen (secondary N) is 1. The number of aryl methyl sites for hydroxylation is 1. The number of carbonyl (C=O) groups is 1. The largest absolute Gasteiger partial charge is 0.323 e. The van der Waals surface area contributed by atoms with Crippen LogP contribution >= 0.6 is 0 Å². The zero-order chi connectivity index (χ0) is 9.42. The minimum atomic E-state index is -1.28. The van der Waals surface area contributed by atoms with Crippen molar-refractivity contribution >= 4 is 22.4 Å². The van der Waals surface area contributed by atoms with Gasteiger partial charge in [-0.05, 0) is 18.6 Å². The molecule has 0 spiro atoms. The number of pyridine rings is 1. The van der Waals surface area contributed by atoms with E-state index in [0.717, 1.165) is 5.56 Å². The smallest absolute Gasteiger partial charge is 0.237 e. The van der Waals surface area contributed by atoms with Gasteiger partial charge in [0.15, 0.2) is 5.03 Å². The van der Waals surface area contributed by atoms with E-state index in [9.17, 15) is 9.00 Å². The summed E-state index contributed by atoms with van der Waals surface area (Å²) in [6.45, 7) is 1.85. The third-order valence-corrected chi connectivity index (χ3v) is 3.13. The Bertz CT molecular complexity index is 403. The van der Waals surface area contributed by atoms with Crippen LogP contribution in [0.5, 0.6) is 0 Å². The number of rotatable bonds is 0. The van der Waals surface area contributed by atoms with Crippen molar-refractivity contribution in [3.05, 3.63) is 17.8 Å². The molecule has 1 amide bonds. The van der Waals surface area contributed by atoms with E-state index >= 15 is 0 Å². The van der Waals surface area contributed by atoms with Crippen molar-refractivity contribution < 1.29 is 9.00 Å². The number of aromatic nitrogens is 1. The molecule has 1 aliphatic heterocycles. The Labute approximate surface area is 77.8 Å². The first-order valence-electron chi connectivity index (χ1n) is 3.82. The molecular weight excluding hydrogens is 188 g/mol. The van der Waals surface area contributed by atoms with Gasteiger partial charge in [-0.25, -0.2) is 4.98 Å². The molecule has 1 aliphatic rings. The first-order chi connectivity index (χ1) is 6.18. The summed E-state index contributed by atoms with van der Waals surface area (Å²) in [6.07, 6.45) is 1.60. The van der Waals surface area contributed by atoms with Gasteiger partial charge in [0.25, 0.3) is 0 Å². The molecule has 2 rings (SSSR count). The number of nitrogens with zero attached hydrogens (tertiary/aromatic N) is 1. The lowest BCUT2D eigenvalue weighted by Gasteiger charge is -2.16. The van der Waals surface area contributed by atoms with Crippen molar-refractivity contribution in [1.82, 2.24) is 4.98 Å². The molecule has 0 aliphatic carbocycles. The third-order valence-electron chi connectivity index (χ3n) is 1.87. The molecule has 5 heteroatoms. The maximum absolute atomic E-state index is 11.4. The molecule has 2 heterocycles. The van der Waals surface area contributed by atoms with Crippen LogP contribution in [0.25, 0.3) is 0 Å². The monoisotopic (exact) mass is 196 g/mol. The Morgan fingerprint density at radius 3 is 3.15 bits per heavy atom. The summed E-state index contributed by atoms with van der Waals surface area (Å²) in [7, 11) is -1.28. The topological polar surface area (TPSA) is 59.1 Å². The van der Waals surface area contributed by atoms with Crippen molar-refractivity contribution in [2.45, 2.75) is 11.9 Å². The highest BCUT2D eigenvalue weighted by atomic mass is 32.2. The molecule has 0 fully saturated rings. The third kappa shape index (κ3) is 1.35. The second kappa shape index (κ2) is 2.92. The van der Waals surface area contributed by atoms with Crippen molar-refractivity contribution in [3.8, 4) is 0 Å². The Balaban J connectivity index is 2.61. The highest BCUT2D eigenvalue weighted by Crippen LogP contribution is 2.24. The fourth-order valence-electron chi connectivity index (χ4n) is 1.22. The summed E-state index contributed by atoms with van der Waals surface area (Å²) >= 11 is 0. The summed E-state index contributed by atoms with van der Waals surface area (Å²) in [4.78, 5) is 15.0. The number of carbonyl (C=O) groups excluding carboxylic acids is 1. The van der Waals surface area contributed by atoms with Gasteiger partial charge in [0, 0.05) is 6.20 Å². The summed E-state index contributed by atoms with van der Waals surface area (Å²) in [5, 5.41) is 3.15. The van der Waals surface area contributed by atoms with Gasteiger partial charge in [0.05, 0.1) is 16.5 Å². The molecule has 13 heavy (non-hydrogen) atoms. The Morgan fingerprint density at radius 2 is 2.38 bits per heavy atom. The van der Waals surface area contributed by atoms with Crippen LogP contribution in [-0.4, -0.2) is 20.9 Å². The Hall–Kier alpha value is -1.23. The van der Waals surface area contributed by atoms with Crippen molar-refractivity contribution in [3.63, 3.8) is 0 Å². The van der Waals surface area contributed by atoms with E-state index in [2.05, 4.69) is 10.3 Å². The second-order valence-electron chi connectivity index (χ2n) is 2.85. The minimum absolute atomic E-state index is 0.0173. The van der Waals surface area contributed by atoms with E-state index in [1.54, 1.807) is 12.3 Å². The van der Waals surface area contributed by atoms with Gasteiger partial charge < -0.3 is 5.32 Å². The van der Waals surface area contributed by atoms with Crippen molar-refractivity contribution in [2.24, 2.45) is 0 Å². The van der Waals surface area contributed by atoms with Crippen LogP contribution in [0.2, 0.25) is 0 Å². The van der Waals surface area contributed by atoms with Gasteiger partial charge in [-0.15, -0.1) is 0 Å². The normalized spacial score (nSPS) is 20.7. The second-order valence-corrected chi connectivity index (χ2v) is 4.21. The number of hydrogen-bond donors (Lipinski definition) is 1. The molecule has 0 saturated heterocycles. The molecule has 1 aromatic heterocycles. The van der Waals surface area contributed by atoms with Gasteiger partial charge in [-0.1, -0.05) is 0 Å². The number of hydrogen-bond acceptors (Lipinski definition) is 3.